The van der Waals surface area contributed by atoms with Crippen LogP contribution < -0.4 is 0 Å². The lowest BCUT2D eigenvalue weighted by Gasteiger charge is -2.18. The summed E-state index contributed by atoms with van der Waals surface area (Å²) < 4.78 is 26.1. The monoisotopic (exact) mass is 648 g/mol. The quantitative estimate of drug-likeness (QED) is 0.0410. The third-order valence-electron chi connectivity index (χ3n) is 8.05. The molecule has 0 aliphatic carbocycles. The highest BCUT2D eigenvalue weighted by Gasteiger charge is 2.22. The van der Waals surface area contributed by atoms with Crippen LogP contribution in [0.4, 0.5) is 0 Å². The topological polar surface area (TPSA) is 119 Å². The molecule has 0 rings (SSSR count). The molecule has 44 heavy (non-hydrogen) atoms. The second-order valence-electron chi connectivity index (χ2n) is 13.0. The Morgan fingerprint density at radius 3 is 1.36 bits per heavy atom. The van der Waals surface area contributed by atoms with Crippen LogP contribution in [-0.2, 0) is 28.2 Å². The summed E-state index contributed by atoms with van der Waals surface area (Å²) in [4.78, 5) is 42.3. The Morgan fingerprint density at radius 2 is 0.955 bits per heavy atom. The molecule has 0 saturated heterocycles. The van der Waals surface area contributed by atoms with E-state index in [2.05, 4.69) is 25.3 Å². The number of phosphoric ester groups is 1. The van der Waals surface area contributed by atoms with Gasteiger partial charge in [-0.2, -0.15) is 0 Å². The molecule has 0 unspecified atom stereocenters. The van der Waals surface area contributed by atoms with Gasteiger partial charge in [0.25, 0.3) is 0 Å². The molecule has 0 radical (unpaired) electrons. The van der Waals surface area contributed by atoms with Crippen molar-refractivity contribution in [2.45, 2.75) is 194 Å². The number of unbranched alkanes of at least 4 members (excludes halogenated alkanes) is 21. The number of phosphoric acid groups is 1. The highest BCUT2D eigenvalue weighted by Crippen LogP contribution is 2.36. The molecule has 0 aliphatic heterocycles. The van der Waals surface area contributed by atoms with E-state index in [4.69, 9.17) is 19.3 Å². The minimum Gasteiger partial charge on any atom is -0.462 e. The summed E-state index contributed by atoms with van der Waals surface area (Å²) in [7, 11) is -4.73. The fourth-order valence-corrected chi connectivity index (χ4v) is 5.68. The molecular formula is C35H69O8P. The fraction of sp³-hybridized carbons (Fsp3) is 0.943. The van der Waals surface area contributed by atoms with E-state index in [1.54, 1.807) is 0 Å². The van der Waals surface area contributed by atoms with Gasteiger partial charge in [0, 0.05) is 12.8 Å². The number of ether oxygens (including phenoxy) is 2. The summed E-state index contributed by atoms with van der Waals surface area (Å²) >= 11 is 0. The van der Waals surface area contributed by atoms with Crippen LogP contribution in [0.3, 0.4) is 0 Å². The Kier molecular flexibility index (Phi) is 30.0. The van der Waals surface area contributed by atoms with Crippen LogP contribution in [0.25, 0.3) is 0 Å². The zero-order chi connectivity index (χ0) is 32.7. The van der Waals surface area contributed by atoms with Crippen LogP contribution >= 0.6 is 7.82 Å². The Labute approximate surface area is 270 Å². The summed E-state index contributed by atoms with van der Waals surface area (Å²) in [6.45, 7) is 5.94. The average molecular weight is 649 g/mol. The minimum absolute atomic E-state index is 0.218. The van der Waals surface area contributed by atoms with Gasteiger partial charge in [0.2, 0.25) is 0 Å². The van der Waals surface area contributed by atoms with E-state index in [9.17, 15) is 14.2 Å². The third-order valence-corrected chi connectivity index (χ3v) is 8.54. The van der Waals surface area contributed by atoms with Gasteiger partial charge in [-0.15, -0.1) is 0 Å². The number of esters is 2. The van der Waals surface area contributed by atoms with Crippen molar-refractivity contribution in [3.05, 3.63) is 0 Å². The largest absolute Gasteiger partial charge is 0.469 e. The van der Waals surface area contributed by atoms with Gasteiger partial charge < -0.3 is 19.3 Å². The molecule has 0 spiro atoms. The van der Waals surface area contributed by atoms with E-state index >= 15 is 0 Å². The Balaban J connectivity index is 3.74. The Bertz CT molecular complexity index is 709. The highest BCUT2D eigenvalue weighted by molar-refractivity contribution is 7.46. The molecule has 0 aromatic heterocycles. The van der Waals surface area contributed by atoms with Crippen LogP contribution in [0, 0.1) is 5.92 Å². The molecule has 2 N–H and O–H groups in total. The molecule has 0 bridgehead atoms. The minimum atomic E-state index is -4.73. The molecule has 9 heteroatoms. The number of hydrogen-bond acceptors (Lipinski definition) is 6. The predicted octanol–water partition coefficient (Wildman–Crippen LogP) is 10.4. The zero-order valence-corrected chi connectivity index (χ0v) is 29.6. The standard InChI is InChI=1S/C35H69O8P/c1-4-5-6-21-25-28-34(36)41-30-33(31-42-44(38,39)40)43-35(37)29-26-23-20-18-16-14-12-10-8-7-9-11-13-15-17-19-22-24-27-32(2)3/h32-33H,4-31H2,1-3H3,(H2,38,39,40)/t33-/m1/s1. The molecule has 262 valence electrons. The first kappa shape index (κ1) is 43.0. The molecular weight excluding hydrogens is 579 g/mol. The first-order valence-electron chi connectivity index (χ1n) is 18.2. The van der Waals surface area contributed by atoms with Gasteiger partial charge in [-0.25, -0.2) is 4.57 Å². The van der Waals surface area contributed by atoms with E-state index in [1.807, 2.05) is 0 Å². The second-order valence-corrected chi connectivity index (χ2v) is 14.3. The second kappa shape index (κ2) is 30.7. The van der Waals surface area contributed by atoms with E-state index in [1.165, 1.54) is 103 Å². The zero-order valence-electron chi connectivity index (χ0n) is 28.7. The molecule has 0 heterocycles. The molecule has 0 aromatic rings. The molecule has 0 fully saturated rings. The summed E-state index contributed by atoms with van der Waals surface area (Å²) in [6.07, 6.45) is 28.8. The fourth-order valence-electron chi connectivity index (χ4n) is 5.32. The van der Waals surface area contributed by atoms with Crippen molar-refractivity contribution < 1.29 is 37.9 Å². The van der Waals surface area contributed by atoms with Crippen molar-refractivity contribution in [3.63, 3.8) is 0 Å². The third kappa shape index (κ3) is 33.9. The predicted molar refractivity (Wildman–Crippen MR) is 179 cm³/mol. The first-order chi connectivity index (χ1) is 21.1. The highest BCUT2D eigenvalue weighted by atomic mass is 31.2. The molecule has 0 aliphatic rings. The van der Waals surface area contributed by atoms with Crippen LogP contribution in [-0.4, -0.2) is 41.0 Å². The lowest BCUT2D eigenvalue weighted by atomic mass is 10.0. The van der Waals surface area contributed by atoms with Gasteiger partial charge in [-0.1, -0.05) is 162 Å². The molecule has 0 aromatic carbocycles. The normalized spacial score (nSPS) is 12.5. The SMILES string of the molecule is CCCCCCCC(=O)OC[C@H](COP(=O)(O)O)OC(=O)CCCCCCCCCCCCCCCCCCCCC(C)C. The van der Waals surface area contributed by atoms with Crippen molar-refractivity contribution >= 4 is 19.8 Å². The number of carbonyl (C=O) groups is 2. The maximum absolute atomic E-state index is 12.3. The Morgan fingerprint density at radius 1 is 0.568 bits per heavy atom. The van der Waals surface area contributed by atoms with Crippen molar-refractivity contribution in [1.29, 1.82) is 0 Å². The van der Waals surface area contributed by atoms with Crippen LogP contribution in [0.5, 0.6) is 0 Å². The van der Waals surface area contributed by atoms with Gasteiger partial charge in [0.1, 0.15) is 6.61 Å². The number of hydrogen-bond donors (Lipinski definition) is 2. The molecule has 1 atom stereocenters. The van der Waals surface area contributed by atoms with E-state index in [0.29, 0.717) is 6.42 Å². The molecule has 0 amide bonds. The molecule has 8 nitrogen and oxygen atoms in total. The first-order valence-corrected chi connectivity index (χ1v) is 19.7. The van der Waals surface area contributed by atoms with Crippen molar-refractivity contribution in [2.75, 3.05) is 13.2 Å². The maximum atomic E-state index is 12.3. The summed E-state index contributed by atoms with van der Waals surface area (Å²) in [5.74, 6) is -0.0392. The van der Waals surface area contributed by atoms with Crippen molar-refractivity contribution in [2.24, 2.45) is 5.92 Å². The summed E-state index contributed by atoms with van der Waals surface area (Å²) in [5.41, 5.74) is 0. The number of rotatable bonds is 33. The molecule has 0 saturated carbocycles. The van der Waals surface area contributed by atoms with E-state index < -0.39 is 32.5 Å². The van der Waals surface area contributed by atoms with Gasteiger partial charge in [-0.05, 0) is 18.8 Å². The van der Waals surface area contributed by atoms with Crippen LogP contribution in [0.2, 0.25) is 0 Å². The Hall–Kier alpha value is -0.950. The van der Waals surface area contributed by atoms with Crippen molar-refractivity contribution in [3.8, 4) is 0 Å². The smallest absolute Gasteiger partial charge is 0.462 e. The number of carbonyl (C=O) groups excluding carboxylic acids is 2. The summed E-state index contributed by atoms with van der Waals surface area (Å²) in [5, 5.41) is 0. The van der Waals surface area contributed by atoms with Crippen LogP contribution in [0.1, 0.15) is 188 Å². The maximum Gasteiger partial charge on any atom is 0.469 e. The van der Waals surface area contributed by atoms with Crippen molar-refractivity contribution in [1.82, 2.24) is 0 Å². The van der Waals surface area contributed by atoms with Gasteiger partial charge in [0.05, 0.1) is 6.61 Å². The van der Waals surface area contributed by atoms with Gasteiger partial charge in [-0.3, -0.25) is 14.1 Å². The lowest BCUT2D eigenvalue weighted by Crippen LogP contribution is -2.29. The van der Waals surface area contributed by atoms with Gasteiger partial charge in [0.15, 0.2) is 6.10 Å². The lowest BCUT2D eigenvalue weighted by molar-refractivity contribution is -0.161. The average Bonchev–Trinajstić information content (AvgIpc) is 2.96. The van der Waals surface area contributed by atoms with E-state index in [0.717, 1.165) is 50.9 Å². The van der Waals surface area contributed by atoms with E-state index in [-0.39, 0.29) is 19.4 Å². The summed E-state index contributed by atoms with van der Waals surface area (Å²) in [6, 6.07) is 0. The van der Waals surface area contributed by atoms with Crippen LogP contribution in [0.15, 0.2) is 0 Å². The van der Waals surface area contributed by atoms with Gasteiger partial charge >= 0.3 is 19.8 Å².